The van der Waals surface area contributed by atoms with Crippen LogP contribution < -0.4 is 0 Å². The normalized spacial score (nSPS) is 18.2. The van der Waals surface area contributed by atoms with E-state index >= 15 is 0 Å². The van der Waals surface area contributed by atoms with Gasteiger partial charge in [-0.25, -0.2) is 21.0 Å². The summed E-state index contributed by atoms with van der Waals surface area (Å²) in [6.07, 6.45) is 18.5. The van der Waals surface area contributed by atoms with Gasteiger partial charge in [-0.1, -0.05) is 221 Å². The van der Waals surface area contributed by atoms with Crippen LogP contribution in [0.15, 0.2) is 202 Å². The molecule has 0 aromatic heterocycles. The molecule has 2 unspecified atom stereocenters. The topological polar surface area (TPSA) is 153 Å². The van der Waals surface area contributed by atoms with Gasteiger partial charge >= 0.3 is 0 Å². The molecule has 0 aromatic carbocycles. The Morgan fingerprint density at radius 2 is 0.918 bits per heavy atom. The summed E-state index contributed by atoms with van der Waals surface area (Å²) < 4.78 is 74.4. The van der Waals surface area contributed by atoms with E-state index in [1.54, 1.807) is 70.2 Å². The maximum atomic E-state index is 10.8. The molecule has 0 spiro atoms. The Bertz CT molecular complexity index is 2580. The van der Waals surface area contributed by atoms with Gasteiger partial charge in [-0.3, -0.25) is 4.21 Å². The fourth-order valence-electron chi connectivity index (χ4n) is 5.09. The lowest BCUT2D eigenvalue weighted by Crippen LogP contribution is -2.10. The summed E-state index contributed by atoms with van der Waals surface area (Å²) in [6, 6.07) is 0. The van der Waals surface area contributed by atoms with Gasteiger partial charge in [-0.2, -0.15) is 0 Å². The zero-order valence-corrected chi connectivity index (χ0v) is 72.1. The Hall–Kier alpha value is -5.57. The van der Waals surface area contributed by atoms with Gasteiger partial charge in [0.1, 0.15) is 28.0 Å². The van der Waals surface area contributed by atoms with Gasteiger partial charge in [0.2, 0.25) is 9.84 Å². The third kappa shape index (κ3) is 55.0. The van der Waals surface area contributed by atoms with Gasteiger partial charge < -0.3 is 58.5 Å². The number of rotatable bonds is 0. The largest absolute Gasteiger partial charge is 0.478 e. The van der Waals surface area contributed by atoms with Crippen LogP contribution in [-0.4, -0.2) is 195 Å². The first-order valence-corrected chi connectivity index (χ1v) is 41.7. The molecule has 0 radical (unpaired) electrons. The fraction of sp³-hybridized carbons (Fsp3) is 0.528. The SMILES string of the molecule is C=C1C=CC=CN1C.C=C1N(C)C=CS1(=O)=O.C=C1N(C)C=CS1=O.C=C1N(C)CCS1(=O)=O.C=C1N(C)CCS1=O.C=C1OC=CN1C.C=C1OCCN1C.C=C1SC=CN1C.C=C1SC=CN1C.C=C1SCCN1C.CC.CC.CC.CC.CC.CC.CC.CC.CC.CC. The Labute approximate surface area is 616 Å². The lowest BCUT2D eigenvalue weighted by molar-refractivity contribution is 0.246. The van der Waals surface area contributed by atoms with Crippen molar-refractivity contribution in [2.24, 2.45) is 0 Å². The van der Waals surface area contributed by atoms with Gasteiger partial charge in [0.05, 0.1) is 59.4 Å². The predicted octanol–water partition coefficient (Wildman–Crippen LogP) is 18.3. The van der Waals surface area contributed by atoms with Gasteiger partial charge in [0.15, 0.2) is 21.6 Å². The van der Waals surface area contributed by atoms with Crippen molar-refractivity contribution in [1.82, 2.24) is 49.0 Å². The second-order valence-corrected chi connectivity index (χ2v) is 26.8. The van der Waals surface area contributed by atoms with Crippen LogP contribution in [0.4, 0.5) is 0 Å². The number of thioether (sulfide) groups is 3. The van der Waals surface area contributed by atoms with E-state index in [1.807, 2.05) is 278 Å². The second kappa shape index (κ2) is 73.2. The zero-order valence-electron chi connectivity index (χ0n) is 66.4. The third-order valence-corrected chi connectivity index (χ3v) is 19.4. The van der Waals surface area contributed by atoms with Gasteiger partial charge in [0, 0.05) is 150 Å². The standard InChI is InChI=1S/C7H9N.C5H9NO2S.C5H7NO2S.C5H9NOS.C5H7NOS.C5H9NO.C5H7NO.C5H9NS.2C5H7NS.10C2H6/c1-7-5-3-4-6-8(7)2;2*1-5-6(2)3-4-9(5,7)8;2*1-5-6(2)3-4-8(5)7;5*1-5-6(2)3-4-7-5;10*1-2/h3-6H,1H2,2H3;1,3-4H2,2H3;3-4H,1H2,2H3;1,3-4H2,2H3;3-4H,1H2,2H3;1,3-4H2,2H3;3-4H,1H2,2H3;1,3-4H2,2H3;2*3-4H,1H2,2H3;10*1-2H3. The number of nitrogens with zero attached hydrogens (tertiary/aromatic N) is 10. The molecule has 0 aromatic rings. The van der Waals surface area contributed by atoms with Crippen molar-refractivity contribution in [3.05, 3.63) is 202 Å². The minimum absolute atomic E-state index is 0.141. The van der Waals surface area contributed by atoms with E-state index in [9.17, 15) is 25.3 Å². The third-order valence-electron chi connectivity index (χ3n) is 11.1. The molecular weight excluding hydrogens is 1360 g/mol. The van der Waals surface area contributed by atoms with Crippen molar-refractivity contribution >= 4 is 76.6 Å². The highest BCUT2D eigenvalue weighted by atomic mass is 32.2. The van der Waals surface area contributed by atoms with E-state index in [2.05, 4.69) is 77.7 Å². The highest BCUT2D eigenvalue weighted by Gasteiger charge is 2.26. The van der Waals surface area contributed by atoms with E-state index < -0.39 is 41.3 Å². The number of likely N-dealkylation sites (N-methyl/N-ethyl adjacent to an activating group) is 2. The summed E-state index contributed by atoms with van der Waals surface area (Å²) in [4.78, 5) is 18.7. The van der Waals surface area contributed by atoms with Crippen molar-refractivity contribution in [1.29, 1.82) is 0 Å². The second-order valence-electron chi connectivity index (χ2n) is 16.8. The van der Waals surface area contributed by atoms with Crippen LogP contribution in [0.25, 0.3) is 0 Å². The van der Waals surface area contributed by atoms with E-state index in [0.717, 1.165) is 57.5 Å². The minimum atomic E-state index is -3.12. The summed E-state index contributed by atoms with van der Waals surface area (Å²) in [5.41, 5.74) is 1.03. The molecular formula is C72H140N10O8S7. The van der Waals surface area contributed by atoms with E-state index in [1.165, 1.54) is 28.4 Å². The molecule has 0 saturated carbocycles. The van der Waals surface area contributed by atoms with Crippen LogP contribution in [0.3, 0.4) is 0 Å². The summed E-state index contributed by atoms with van der Waals surface area (Å²) in [7, 11) is 11.2. The molecule has 2 atom stereocenters. The van der Waals surface area contributed by atoms with Crippen LogP contribution in [0.5, 0.6) is 0 Å². The molecule has 568 valence electrons. The molecule has 25 heteroatoms. The molecule has 10 aliphatic rings. The van der Waals surface area contributed by atoms with E-state index in [4.69, 9.17) is 9.47 Å². The van der Waals surface area contributed by atoms with E-state index in [-0.39, 0.29) is 15.8 Å². The van der Waals surface area contributed by atoms with E-state index in [0.29, 0.717) is 17.5 Å². The first-order valence-electron chi connectivity index (χ1n) is 33.2. The summed E-state index contributed by atoms with van der Waals surface area (Å²) in [5.74, 6) is 3.67. The van der Waals surface area contributed by atoms with Gasteiger partial charge in [-0.05, 0) is 36.1 Å². The predicted molar refractivity (Wildman–Crippen MR) is 444 cm³/mol. The molecule has 0 N–H and O–H groups in total. The smallest absolute Gasteiger partial charge is 0.216 e. The first kappa shape index (κ1) is 113. The minimum Gasteiger partial charge on any atom is -0.478 e. The van der Waals surface area contributed by atoms with Gasteiger partial charge in [0.25, 0.3) is 0 Å². The average molecular weight is 1500 g/mol. The molecule has 18 nitrogen and oxygen atoms in total. The molecule has 4 saturated heterocycles. The molecule has 0 aliphatic carbocycles. The lowest BCUT2D eigenvalue weighted by atomic mass is 10.3. The highest BCUT2D eigenvalue weighted by Crippen LogP contribution is 2.26. The Balaban J connectivity index is -0.000000105. The van der Waals surface area contributed by atoms with Crippen molar-refractivity contribution in [2.45, 2.75) is 138 Å². The number of ether oxygens (including phenoxy) is 2. The maximum absolute atomic E-state index is 10.8. The van der Waals surface area contributed by atoms with Crippen LogP contribution in [0.1, 0.15) is 138 Å². The zero-order chi connectivity index (χ0) is 78.8. The van der Waals surface area contributed by atoms with Crippen LogP contribution in [-0.2, 0) is 50.7 Å². The Kier molecular flexibility index (Phi) is 85.0. The molecule has 10 aliphatic heterocycles. The number of hydrogen-bond donors (Lipinski definition) is 0. The van der Waals surface area contributed by atoms with Crippen molar-refractivity contribution in [2.75, 3.05) is 121 Å². The monoisotopic (exact) mass is 1500 g/mol. The molecule has 97 heavy (non-hydrogen) atoms. The van der Waals surface area contributed by atoms with Crippen LogP contribution >= 0.6 is 35.3 Å². The summed E-state index contributed by atoms with van der Waals surface area (Å²) in [6.45, 7) is 80.8. The van der Waals surface area contributed by atoms with Crippen molar-refractivity contribution in [3.63, 3.8) is 0 Å². The van der Waals surface area contributed by atoms with Gasteiger partial charge in [-0.15, -0.1) is 11.8 Å². The summed E-state index contributed by atoms with van der Waals surface area (Å²) in [5, 5.41) is 12.0. The number of allylic oxidation sites excluding steroid dienone is 3. The van der Waals surface area contributed by atoms with Crippen molar-refractivity contribution < 1.29 is 34.7 Å². The van der Waals surface area contributed by atoms with Crippen LogP contribution in [0, 0.1) is 0 Å². The van der Waals surface area contributed by atoms with Crippen molar-refractivity contribution in [3.8, 4) is 0 Å². The summed E-state index contributed by atoms with van der Waals surface area (Å²) >= 11 is 5.15. The van der Waals surface area contributed by atoms with Crippen LogP contribution in [0.2, 0.25) is 0 Å². The Morgan fingerprint density at radius 3 is 1.03 bits per heavy atom. The molecule has 4 fully saturated rings. The maximum Gasteiger partial charge on any atom is 0.216 e. The highest BCUT2D eigenvalue weighted by molar-refractivity contribution is 8.06. The number of sulfone groups is 2. The fourth-order valence-corrected chi connectivity index (χ4v) is 11.4. The molecule has 0 amide bonds. The lowest BCUT2D eigenvalue weighted by Gasteiger charge is -2.15. The molecule has 10 rings (SSSR count). The quantitative estimate of drug-likeness (QED) is 0.226. The Morgan fingerprint density at radius 1 is 0.443 bits per heavy atom. The first-order chi connectivity index (χ1) is 45.8. The molecule has 0 bridgehead atoms. The molecule has 10 heterocycles. The average Bonchev–Trinajstić information content (AvgIpc) is 1.80. The number of hydrogen-bond acceptors (Lipinski definition) is 21.